The molecule has 1 N–H and O–H groups in total. The highest BCUT2D eigenvalue weighted by atomic mass is 32.2. The van der Waals surface area contributed by atoms with E-state index in [0.29, 0.717) is 23.9 Å². The van der Waals surface area contributed by atoms with Crippen molar-refractivity contribution in [3.05, 3.63) is 40.3 Å². The summed E-state index contributed by atoms with van der Waals surface area (Å²) in [6.45, 7) is 5.60. The van der Waals surface area contributed by atoms with Crippen LogP contribution in [0.3, 0.4) is 0 Å². The number of hydrogen-bond donors (Lipinski definition) is 1. The van der Waals surface area contributed by atoms with Crippen molar-refractivity contribution < 1.29 is 4.79 Å². The normalized spacial score (nSPS) is 15.5. The molecule has 0 fully saturated rings. The van der Waals surface area contributed by atoms with Gasteiger partial charge in [0.1, 0.15) is 0 Å². The number of rotatable bonds is 3. The van der Waals surface area contributed by atoms with E-state index in [4.69, 9.17) is 0 Å². The Morgan fingerprint density at radius 2 is 2.27 bits per heavy atom. The Morgan fingerprint density at radius 1 is 1.45 bits per heavy atom. The van der Waals surface area contributed by atoms with Crippen LogP contribution in [0, 0.1) is 6.92 Å². The van der Waals surface area contributed by atoms with Gasteiger partial charge in [-0.25, -0.2) is 9.97 Å². The summed E-state index contributed by atoms with van der Waals surface area (Å²) >= 11 is 1.28. The van der Waals surface area contributed by atoms with Gasteiger partial charge in [-0.15, -0.1) is 0 Å². The lowest BCUT2D eigenvalue weighted by Gasteiger charge is -2.29. The SMILES string of the molecule is Cc1cc(=O)[nH]c(S[C@H](C)C(=O)N2CCn3cncc3C2)n1. The van der Waals surface area contributed by atoms with E-state index in [1.165, 1.54) is 17.8 Å². The third-order valence-electron chi connectivity index (χ3n) is 3.56. The number of nitrogens with zero attached hydrogens (tertiary/aromatic N) is 4. The van der Waals surface area contributed by atoms with Gasteiger partial charge in [0.25, 0.3) is 5.56 Å². The van der Waals surface area contributed by atoms with Crippen molar-refractivity contribution in [3.8, 4) is 0 Å². The number of nitrogens with one attached hydrogen (secondary N) is 1. The predicted molar refractivity (Wildman–Crippen MR) is 82.6 cm³/mol. The largest absolute Gasteiger partial charge is 0.334 e. The lowest BCUT2D eigenvalue weighted by Crippen LogP contribution is -2.41. The Balaban J connectivity index is 1.68. The molecule has 0 radical (unpaired) electrons. The molecule has 2 aromatic rings. The zero-order valence-corrected chi connectivity index (χ0v) is 13.3. The van der Waals surface area contributed by atoms with Crippen LogP contribution in [0.2, 0.25) is 0 Å². The summed E-state index contributed by atoms with van der Waals surface area (Å²) in [7, 11) is 0. The number of aromatic amines is 1. The molecule has 3 heterocycles. The van der Waals surface area contributed by atoms with Crippen LogP contribution in [0.4, 0.5) is 0 Å². The topological polar surface area (TPSA) is 83.9 Å². The summed E-state index contributed by atoms with van der Waals surface area (Å²) in [4.78, 5) is 36.9. The van der Waals surface area contributed by atoms with Crippen molar-refractivity contribution in [1.29, 1.82) is 0 Å². The minimum Gasteiger partial charge on any atom is -0.334 e. The van der Waals surface area contributed by atoms with E-state index >= 15 is 0 Å². The van der Waals surface area contributed by atoms with Crippen LogP contribution < -0.4 is 5.56 Å². The molecule has 0 aromatic carbocycles. The summed E-state index contributed by atoms with van der Waals surface area (Å²) in [6.07, 6.45) is 3.58. The molecular formula is C14H17N5O2S. The summed E-state index contributed by atoms with van der Waals surface area (Å²) < 4.78 is 2.06. The minimum absolute atomic E-state index is 0.0432. The molecule has 7 nitrogen and oxygen atoms in total. The van der Waals surface area contributed by atoms with Gasteiger partial charge in [-0.2, -0.15) is 0 Å². The molecule has 0 saturated carbocycles. The molecule has 116 valence electrons. The number of hydrogen-bond acceptors (Lipinski definition) is 5. The number of fused-ring (bicyclic) bond motifs is 1. The maximum atomic E-state index is 12.6. The van der Waals surface area contributed by atoms with Gasteiger partial charge < -0.3 is 14.5 Å². The van der Waals surface area contributed by atoms with E-state index in [-0.39, 0.29) is 16.7 Å². The second-order valence-electron chi connectivity index (χ2n) is 5.29. The summed E-state index contributed by atoms with van der Waals surface area (Å²) in [5.74, 6) is 0.0432. The standard InChI is InChI=1S/C14H17N5O2S/c1-9-5-12(20)17-14(16-9)22-10(2)13(21)18-3-4-19-8-15-6-11(19)7-18/h5-6,8,10H,3-4,7H2,1-2H3,(H,16,17,20)/t10-/m1/s1. The quantitative estimate of drug-likeness (QED) is 0.668. The highest BCUT2D eigenvalue weighted by molar-refractivity contribution is 8.00. The molecule has 0 saturated heterocycles. The van der Waals surface area contributed by atoms with E-state index in [1.807, 2.05) is 11.8 Å². The van der Waals surface area contributed by atoms with Gasteiger partial charge in [-0.1, -0.05) is 11.8 Å². The van der Waals surface area contributed by atoms with Crippen molar-refractivity contribution in [2.75, 3.05) is 6.54 Å². The molecule has 8 heteroatoms. The molecule has 3 rings (SSSR count). The smallest absolute Gasteiger partial charge is 0.251 e. The first kappa shape index (κ1) is 14.8. The maximum Gasteiger partial charge on any atom is 0.251 e. The lowest BCUT2D eigenvalue weighted by molar-refractivity contribution is -0.131. The van der Waals surface area contributed by atoms with Gasteiger partial charge in [0, 0.05) is 31.0 Å². The first-order valence-electron chi connectivity index (χ1n) is 7.05. The highest BCUT2D eigenvalue weighted by Crippen LogP contribution is 2.22. The van der Waals surface area contributed by atoms with Crippen molar-refractivity contribution in [3.63, 3.8) is 0 Å². The van der Waals surface area contributed by atoms with Crippen molar-refractivity contribution in [2.24, 2.45) is 0 Å². The van der Waals surface area contributed by atoms with Crippen LogP contribution >= 0.6 is 11.8 Å². The van der Waals surface area contributed by atoms with Crippen molar-refractivity contribution in [1.82, 2.24) is 24.4 Å². The zero-order chi connectivity index (χ0) is 15.7. The van der Waals surface area contributed by atoms with Crippen LogP contribution in [0.5, 0.6) is 0 Å². The average Bonchev–Trinajstić information content (AvgIpc) is 2.92. The van der Waals surface area contributed by atoms with Crippen molar-refractivity contribution >= 4 is 17.7 Å². The monoisotopic (exact) mass is 319 g/mol. The Hall–Kier alpha value is -2.09. The van der Waals surface area contributed by atoms with Crippen LogP contribution in [0.1, 0.15) is 18.3 Å². The molecule has 0 spiro atoms. The molecule has 0 aliphatic carbocycles. The Bertz CT molecular complexity index is 754. The number of aryl methyl sites for hydroxylation is 1. The first-order valence-corrected chi connectivity index (χ1v) is 7.93. The van der Waals surface area contributed by atoms with Gasteiger partial charge in [-0.05, 0) is 13.8 Å². The number of carbonyl (C=O) groups is 1. The van der Waals surface area contributed by atoms with Crippen LogP contribution in [0.25, 0.3) is 0 Å². The fraction of sp³-hybridized carbons (Fsp3) is 0.429. The number of aromatic nitrogens is 4. The van der Waals surface area contributed by atoms with E-state index in [9.17, 15) is 9.59 Å². The van der Waals surface area contributed by atoms with Gasteiger partial charge in [-0.3, -0.25) is 9.59 Å². The second-order valence-corrected chi connectivity index (χ2v) is 6.62. The Labute approximate surface area is 131 Å². The van der Waals surface area contributed by atoms with E-state index in [2.05, 4.69) is 19.5 Å². The molecule has 2 aromatic heterocycles. The van der Waals surface area contributed by atoms with Crippen LogP contribution in [0.15, 0.2) is 28.5 Å². The fourth-order valence-corrected chi connectivity index (χ4v) is 3.40. The average molecular weight is 319 g/mol. The van der Waals surface area contributed by atoms with Crippen LogP contribution in [-0.4, -0.2) is 42.1 Å². The summed E-state index contributed by atoms with van der Waals surface area (Å²) in [5.41, 5.74) is 1.49. The minimum atomic E-state index is -0.306. The molecule has 0 bridgehead atoms. The van der Waals surface area contributed by atoms with Gasteiger partial charge in [0.15, 0.2) is 5.16 Å². The fourth-order valence-electron chi connectivity index (χ4n) is 2.45. The molecule has 0 unspecified atom stereocenters. The third-order valence-corrected chi connectivity index (χ3v) is 4.53. The third kappa shape index (κ3) is 3.06. The van der Waals surface area contributed by atoms with Crippen molar-refractivity contribution in [2.45, 2.75) is 37.3 Å². The number of imidazole rings is 1. The summed E-state index contributed by atoms with van der Waals surface area (Å²) in [6, 6.07) is 1.43. The number of amides is 1. The number of thioether (sulfide) groups is 1. The first-order chi connectivity index (χ1) is 10.5. The zero-order valence-electron chi connectivity index (χ0n) is 12.4. The molecule has 1 atom stereocenters. The molecular weight excluding hydrogens is 302 g/mol. The maximum absolute atomic E-state index is 12.6. The molecule has 22 heavy (non-hydrogen) atoms. The molecule has 1 amide bonds. The lowest BCUT2D eigenvalue weighted by atomic mass is 10.3. The summed E-state index contributed by atoms with van der Waals surface area (Å²) in [5, 5.41) is 0.173. The Kier molecular flexibility index (Phi) is 4.02. The van der Waals surface area contributed by atoms with Gasteiger partial charge in [0.05, 0.1) is 23.8 Å². The molecule has 1 aliphatic rings. The molecule has 1 aliphatic heterocycles. The van der Waals surface area contributed by atoms with Crippen LogP contribution in [-0.2, 0) is 17.9 Å². The van der Waals surface area contributed by atoms with E-state index in [1.54, 1.807) is 19.4 Å². The van der Waals surface area contributed by atoms with E-state index < -0.39 is 0 Å². The number of carbonyl (C=O) groups excluding carboxylic acids is 1. The second kappa shape index (κ2) is 5.96. The van der Waals surface area contributed by atoms with E-state index in [0.717, 1.165) is 12.2 Å². The number of H-pyrrole nitrogens is 1. The Morgan fingerprint density at radius 3 is 3.05 bits per heavy atom. The predicted octanol–water partition coefficient (Wildman–Crippen LogP) is 0.798. The highest BCUT2D eigenvalue weighted by Gasteiger charge is 2.25. The van der Waals surface area contributed by atoms with Gasteiger partial charge in [0.2, 0.25) is 5.91 Å². The van der Waals surface area contributed by atoms with Gasteiger partial charge >= 0.3 is 0 Å².